The van der Waals surface area contributed by atoms with Crippen molar-refractivity contribution in [1.29, 1.82) is 0 Å². The minimum atomic E-state index is 0.0654. The van der Waals surface area contributed by atoms with Gasteiger partial charge in [0, 0.05) is 30.8 Å². The van der Waals surface area contributed by atoms with E-state index in [1.54, 1.807) is 11.8 Å². The van der Waals surface area contributed by atoms with Gasteiger partial charge in [-0.15, -0.1) is 11.8 Å². The number of hydrogen-bond donors (Lipinski definition) is 2. The van der Waals surface area contributed by atoms with E-state index in [4.69, 9.17) is 0 Å². The first-order chi connectivity index (χ1) is 6.81. The van der Waals surface area contributed by atoms with Crippen molar-refractivity contribution in [3.05, 3.63) is 0 Å². The molecule has 2 fully saturated rings. The van der Waals surface area contributed by atoms with Crippen LogP contribution in [0.4, 0.5) is 0 Å². The molecule has 0 aromatic carbocycles. The van der Waals surface area contributed by atoms with Crippen LogP contribution in [0.5, 0.6) is 0 Å². The van der Waals surface area contributed by atoms with E-state index in [1.807, 2.05) is 11.9 Å². The molecule has 1 amide bonds. The number of thioether (sulfide) groups is 1. The largest absolute Gasteiger partial charge is 0.340 e. The average Bonchev–Trinajstić information content (AvgIpc) is 2.88. The lowest BCUT2D eigenvalue weighted by Gasteiger charge is -2.20. The molecule has 2 heterocycles. The smallest absolute Gasteiger partial charge is 0.240 e. The maximum absolute atomic E-state index is 11.9. The summed E-state index contributed by atoms with van der Waals surface area (Å²) in [6.45, 7) is 1.78. The molecular weight excluding hydrogens is 198 g/mol. The lowest BCUT2D eigenvalue weighted by atomic mass is 10.3. The van der Waals surface area contributed by atoms with Gasteiger partial charge in [0.1, 0.15) is 0 Å². The second-order valence-electron chi connectivity index (χ2n) is 3.83. The first-order valence-corrected chi connectivity index (χ1v) is 6.24. The summed E-state index contributed by atoms with van der Waals surface area (Å²) in [7, 11) is 1.96. The lowest BCUT2D eigenvalue weighted by Crippen LogP contribution is -2.44. The van der Waals surface area contributed by atoms with E-state index in [1.165, 1.54) is 0 Å². The first kappa shape index (κ1) is 10.3. The maximum atomic E-state index is 11.9. The fourth-order valence-corrected chi connectivity index (χ4v) is 2.90. The number of likely N-dealkylation sites (tertiary alicyclic amines) is 1. The number of amides is 1. The van der Waals surface area contributed by atoms with Crippen LogP contribution >= 0.6 is 11.8 Å². The summed E-state index contributed by atoms with van der Waals surface area (Å²) in [4.78, 5) is 13.9. The van der Waals surface area contributed by atoms with Gasteiger partial charge in [-0.1, -0.05) is 0 Å². The molecule has 0 radical (unpaired) electrons. The number of nitrogens with zero attached hydrogens (tertiary/aromatic N) is 1. The highest BCUT2D eigenvalue weighted by atomic mass is 32.2. The van der Waals surface area contributed by atoms with Crippen LogP contribution in [0.25, 0.3) is 0 Å². The molecule has 0 saturated carbocycles. The molecule has 2 saturated heterocycles. The SMILES string of the molecule is CNC1CCN(C(=O)[C@H]2CSCN2)C1. The van der Waals surface area contributed by atoms with Crippen molar-refractivity contribution in [2.24, 2.45) is 0 Å². The maximum Gasteiger partial charge on any atom is 0.240 e. The molecule has 4 nitrogen and oxygen atoms in total. The molecule has 2 aliphatic heterocycles. The molecule has 0 aliphatic carbocycles. The van der Waals surface area contributed by atoms with Crippen molar-refractivity contribution in [3.8, 4) is 0 Å². The molecule has 2 rings (SSSR count). The van der Waals surface area contributed by atoms with Gasteiger partial charge in [-0.3, -0.25) is 10.1 Å². The Bertz CT molecular complexity index is 218. The predicted octanol–water partition coefficient (Wildman–Crippen LogP) is -0.531. The van der Waals surface area contributed by atoms with Crippen LogP contribution in [0, 0.1) is 0 Å². The van der Waals surface area contributed by atoms with Gasteiger partial charge in [-0.25, -0.2) is 0 Å². The van der Waals surface area contributed by atoms with E-state index >= 15 is 0 Å². The van der Waals surface area contributed by atoms with Crippen molar-refractivity contribution >= 4 is 17.7 Å². The standard InChI is InChI=1S/C9H17N3OS/c1-10-7-2-3-12(4-7)9(13)8-5-14-6-11-8/h7-8,10-11H,2-6H2,1H3/t7?,8-/m1/s1. The van der Waals surface area contributed by atoms with Crippen LogP contribution < -0.4 is 10.6 Å². The summed E-state index contributed by atoms with van der Waals surface area (Å²) in [5.74, 6) is 2.13. The zero-order valence-corrected chi connectivity index (χ0v) is 9.27. The monoisotopic (exact) mass is 215 g/mol. The third kappa shape index (κ3) is 2.04. The summed E-state index contributed by atoms with van der Waals surface area (Å²) >= 11 is 1.80. The van der Waals surface area contributed by atoms with Crippen molar-refractivity contribution < 1.29 is 4.79 Å². The van der Waals surface area contributed by atoms with Crippen LogP contribution in [0.3, 0.4) is 0 Å². The summed E-state index contributed by atoms with van der Waals surface area (Å²) < 4.78 is 0. The Kier molecular flexibility index (Phi) is 3.30. The molecule has 0 aromatic heterocycles. The minimum absolute atomic E-state index is 0.0654. The zero-order valence-electron chi connectivity index (χ0n) is 8.45. The third-order valence-corrected chi connectivity index (χ3v) is 3.86. The number of hydrogen-bond acceptors (Lipinski definition) is 4. The highest BCUT2D eigenvalue weighted by molar-refractivity contribution is 7.99. The van der Waals surface area contributed by atoms with Gasteiger partial charge in [0.2, 0.25) is 5.91 Å². The number of likely N-dealkylation sites (N-methyl/N-ethyl adjacent to an activating group) is 1. The molecule has 5 heteroatoms. The quantitative estimate of drug-likeness (QED) is 0.650. The van der Waals surface area contributed by atoms with Crippen molar-refractivity contribution in [1.82, 2.24) is 15.5 Å². The average molecular weight is 215 g/mol. The van der Waals surface area contributed by atoms with E-state index in [9.17, 15) is 4.79 Å². The molecule has 2 aliphatic rings. The lowest BCUT2D eigenvalue weighted by molar-refractivity contribution is -0.131. The molecule has 80 valence electrons. The summed E-state index contributed by atoms with van der Waals surface area (Å²) in [6.07, 6.45) is 1.09. The minimum Gasteiger partial charge on any atom is -0.340 e. The van der Waals surface area contributed by atoms with Crippen molar-refractivity contribution in [2.45, 2.75) is 18.5 Å². The van der Waals surface area contributed by atoms with Crippen molar-refractivity contribution in [2.75, 3.05) is 31.8 Å². The number of nitrogens with one attached hydrogen (secondary N) is 2. The highest BCUT2D eigenvalue weighted by Crippen LogP contribution is 2.15. The third-order valence-electron chi connectivity index (χ3n) is 2.92. The first-order valence-electron chi connectivity index (χ1n) is 5.08. The van der Waals surface area contributed by atoms with Crippen molar-refractivity contribution in [3.63, 3.8) is 0 Å². The van der Waals surface area contributed by atoms with E-state index < -0.39 is 0 Å². The Labute approximate surface area is 88.8 Å². The Morgan fingerprint density at radius 1 is 1.64 bits per heavy atom. The molecule has 0 bridgehead atoms. The van der Waals surface area contributed by atoms with Crippen LogP contribution in [0.1, 0.15) is 6.42 Å². The second-order valence-corrected chi connectivity index (χ2v) is 4.86. The van der Waals surface area contributed by atoms with Crippen LogP contribution in [-0.2, 0) is 4.79 Å². The molecule has 0 spiro atoms. The molecule has 2 atom stereocenters. The van der Waals surface area contributed by atoms with Crippen LogP contribution in [-0.4, -0.2) is 54.7 Å². The number of carbonyl (C=O) groups is 1. The molecule has 2 N–H and O–H groups in total. The van der Waals surface area contributed by atoms with Crippen LogP contribution in [0.2, 0.25) is 0 Å². The van der Waals surface area contributed by atoms with Crippen LogP contribution in [0.15, 0.2) is 0 Å². The number of rotatable bonds is 2. The van der Waals surface area contributed by atoms with E-state index in [0.717, 1.165) is 31.1 Å². The molecular formula is C9H17N3OS. The number of carbonyl (C=O) groups excluding carboxylic acids is 1. The van der Waals surface area contributed by atoms with Gasteiger partial charge in [-0.05, 0) is 13.5 Å². The molecule has 0 aromatic rings. The fraction of sp³-hybridized carbons (Fsp3) is 0.889. The topological polar surface area (TPSA) is 44.4 Å². The van der Waals surface area contributed by atoms with E-state index in [-0.39, 0.29) is 11.9 Å². The van der Waals surface area contributed by atoms with Gasteiger partial charge >= 0.3 is 0 Å². The van der Waals surface area contributed by atoms with Gasteiger partial charge in [0.15, 0.2) is 0 Å². The van der Waals surface area contributed by atoms with E-state index in [2.05, 4.69) is 10.6 Å². The molecule has 14 heavy (non-hydrogen) atoms. The Hall–Kier alpha value is -0.260. The van der Waals surface area contributed by atoms with E-state index in [0.29, 0.717) is 6.04 Å². The van der Waals surface area contributed by atoms with Gasteiger partial charge in [0.25, 0.3) is 0 Å². The predicted molar refractivity (Wildman–Crippen MR) is 58.3 cm³/mol. The summed E-state index contributed by atoms with van der Waals surface area (Å²) in [5, 5.41) is 6.44. The summed E-state index contributed by atoms with van der Waals surface area (Å²) in [6, 6.07) is 0.559. The Balaban J connectivity index is 1.86. The fourth-order valence-electron chi connectivity index (χ4n) is 1.97. The normalized spacial score (nSPS) is 32.5. The van der Waals surface area contributed by atoms with Gasteiger partial charge in [-0.2, -0.15) is 0 Å². The second kappa shape index (κ2) is 4.51. The highest BCUT2D eigenvalue weighted by Gasteiger charge is 2.31. The Morgan fingerprint density at radius 2 is 2.50 bits per heavy atom. The zero-order chi connectivity index (χ0) is 9.97. The summed E-state index contributed by atoms with van der Waals surface area (Å²) in [5.41, 5.74) is 0. The van der Waals surface area contributed by atoms with Gasteiger partial charge < -0.3 is 10.2 Å². The molecule has 1 unspecified atom stereocenters. The van der Waals surface area contributed by atoms with Gasteiger partial charge in [0.05, 0.1) is 6.04 Å². The Morgan fingerprint density at radius 3 is 3.07 bits per heavy atom.